The highest BCUT2D eigenvalue weighted by Gasteiger charge is 2.21. The second-order valence-corrected chi connectivity index (χ2v) is 5.75. The molecule has 0 aromatic carbocycles. The van der Waals surface area contributed by atoms with Crippen LogP contribution in [-0.4, -0.2) is 23.0 Å². The van der Waals surface area contributed by atoms with Crippen LogP contribution < -0.4 is 0 Å². The van der Waals surface area contributed by atoms with Gasteiger partial charge in [-0.25, -0.2) is 0 Å². The molecule has 1 fully saturated rings. The monoisotopic (exact) mass is 205 g/mol. The summed E-state index contributed by atoms with van der Waals surface area (Å²) in [6.45, 7) is 3.44. The zero-order valence-electron chi connectivity index (χ0n) is 8.00. The molecule has 2 atom stereocenters. The van der Waals surface area contributed by atoms with E-state index in [1.165, 1.54) is 38.6 Å². The minimum Gasteiger partial charge on any atom is -0.291 e. The summed E-state index contributed by atoms with van der Waals surface area (Å²) in [5.41, 5.74) is 0.568. The van der Waals surface area contributed by atoms with Gasteiger partial charge in [0.15, 0.2) is 0 Å². The second kappa shape index (κ2) is 5.53. The minimum absolute atomic E-state index is 0.568. The van der Waals surface area contributed by atoms with Gasteiger partial charge in [-0.2, -0.15) is 0 Å². The molecule has 0 bridgehead atoms. The molecule has 0 N–H and O–H groups in total. The molecule has 72 valence electrons. The van der Waals surface area contributed by atoms with Gasteiger partial charge in [0, 0.05) is 11.6 Å². The van der Waals surface area contributed by atoms with Crippen LogP contribution in [0.25, 0.3) is 0 Å². The van der Waals surface area contributed by atoms with E-state index in [2.05, 4.69) is 30.3 Å². The van der Waals surface area contributed by atoms with Crippen LogP contribution in [-0.2, 0) is 0 Å². The summed E-state index contributed by atoms with van der Waals surface area (Å²) in [7, 11) is 5.76. The average Bonchev–Trinajstić information content (AvgIpc) is 2.07. The minimum atomic E-state index is 0.568. The van der Waals surface area contributed by atoms with Crippen LogP contribution in [0.5, 0.6) is 0 Å². The van der Waals surface area contributed by atoms with Crippen molar-refractivity contribution in [3.05, 3.63) is 0 Å². The van der Waals surface area contributed by atoms with E-state index in [4.69, 9.17) is 0 Å². The van der Waals surface area contributed by atoms with E-state index in [1.54, 1.807) is 0 Å². The van der Waals surface area contributed by atoms with Gasteiger partial charge >= 0.3 is 0 Å². The normalized spacial score (nSPS) is 20.8. The fourth-order valence-electron chi connectivity index (χ4n) is 2.13. The molecule has 2 unspecified atom stereocenters. The molecule has 3 heteroatoms. The Morgan fingerprint density at radius 2 is 1.83 bits per heavy atom. The Balaban J connectivity index is 2.40. The van der Waals surface area contributed by atoms with E-state index >= 15 is 0 Å². The van der Waals surface area contributed by atoms with E-state index in [9.17, 15) is 0 Å². The Hall–Kier alpha value is 0.820. The summed E-state index contributed by atoms with van der Waals surface area (Å²) < 4.78 is 0. The predicted molar refractivity (Wildman–Crippen MR) is 62.5 cm³/mol. The third kappa shape index (κ3) is 2.95. The summed E-state index contributed by atoms with van der Waals surface area (Å²) in [5, 5.41) is 0. The first kappa shape index (κ1) is 10.9. The molecule has 0 aliphatic heterocycles. The van der Waals surface area contributed by atoms with Crippen molar-refractivity contribution in [2.45, 2.75) is 50.6 Å². The molecule has 0 amide bonds. The molecule has 0 radical (unpaired) electrons. The van der Waals surface area contributed by atoms with Gasteiger partial charge in [0.1, 0.15) is 0 Å². The highest BCUT2D eigenvalue weighted by molar-refractivity contribution is 7.37. The van der Waals surface area contributed by atoms with Crippen LogP contribution in [0.4, 0.5) is 0 Å². The van der Waals surface area contributed by atoms with Crippen LogP contribution >= 0.6 is 18.5 Å². The first-order valence-corrected chi connectivity index (χ1v) is 6.36. The maximum Gasteiger partial charge on any atom is 0.0381 e. The smallest absolute Gasteiger partial charge is 0.0381 e. The van der Waals surface area contributed by atoms with Crippen LogP contribution in [0, 0.1) is 0 Å². The zero-order valence-corrected chi connectivity index (χ0v) is 10.3. The molecule has 1 nitrogen and oxygen atoms in total. The molecule has 1 aliphatic rings. The van der Waals surface area contributed by atoms with Gasteiger partial charge in [0.25, 0.3) is 0 Å². The number of nitrogens with zero attached hydrogens (tertiary/aromatic N) is 1. The molecule has 0 saturated heterocycles. The predicted octanol–water partition coefficient (Wildman–Crippen LogP) is 2.67. The summed E-state index contributed by atoms with van der Waals surface area (Å²) >= 11 is 0. The zero-order chi connectivity index (χ0) is 8.97. The third-order valence-electron chi connectivity index (χ3n) is 2.79. The molecule has 1 saturated carbocycles. The van der Waals surface area contributed by atoms with Crippen molar-refractivity contribution in [1.82, 2.24) is 4.90 Å². The average molecular weight is 205 g/mol. The quantitative estimate of drug-likeness (QED) is 0.640. The van der Waals surface area contributed by atoms with Crippen molar-refractivity contribution in [1.29, 1.82) is 0 Å². The molecule has 12 heavy (non-hydrogen) atoms. The van der Waals surface area contributed by atoms with Crippen molar-refractivity contribution in [3.63, 3.8) is 0 Å². The van der Waals surface area contributed by atoms with Gasteiger partial charge in [0.2, 0.25) is 0 Å². The summed E-state index contributed by atoms with van der Waals surface area (Å²) in [4.78, 5) is 2.58. The molecule has 0 heterocycles. The lowest BCUT2D eigenvalue weighted by molar-refractivity contribution is 0.180. The molecule has 1 rings (SSSR count). The van der Waals surface area contributed by atoms with Gasteiger partial charge in [-0.3, -0.25) is 4.90 Å². The van der Waals surface area contributed by atoms with Crippen LogP contribution in [0.3, 0.4) is 0 Å². The lowest BCUT2D eigenvalue weighted by atomic mass is 9.94. The fraction of sp³-hybridized carbons (Fsp3) is 1.00. The molecule has 0 aromatic rings. The third-order valence-corrected chi connectivity index (χ3v) is 3.56. The lowest BCUT2D eigenvalue weighted by Crippen LogP contribution is -2.38. The van der Waals surface area contributed by atoms with Crippen molar-refractivity contribution in [2.75, 3.05) is 6.54 Å². The summed E-state index contributed by atoms with van der Waals surface area (Å²) in [5.74, 6) is 0. The van der Waals surface area contributed by atoms with Crippen LogP contribution in [0.15, 0.2) is 0 Å². The maximum atomic E-state index is 2.88. The van der Waals surface area contributed by atoms with Crippen molar-refractivity contribution in [2.24, 2.45) is 0 Å². The standard InChI is InChI=1S/C9H21NP2/c1-2-10(9(11)12)8-6-4-3-5-7-8/h8-9H,2-7,11-12H2,1H3. The first-order chi connectivity index (χ1) is 5.75. The Morgan fingerprint density at radius 3 is 2.25 bits per heavy atom. The molecule has 0 spiro atoms. The van der Waals surface area contributed by atoms with Crippen molar-refractivity contribution in [3.8, 4) is 0 Å². The van der Waals surface area contributed by atoms with E-state index in [0.29, 0.717) is 5.52 Å². The Kier molecular flexibility index (Phi) is 5.02. The summed E-state index contributed by atoms with van der Waals surface area (Å²) in [6.07, 6.45) is 7.14. The van der Waals surface area contributed by atoms with E-state index in [0.717, 1.165) is 6.04 Å². The number of rotatable bonds is 3. The Morgan fingerprint density at radius 1 is 1.25 bits per heavy atom. The first-order valence-electron chi connectivity index (χ1n) is 5.02. The van der Waals surface area contributed by atoms with E-state index < -0.39 is 0 Å². The van der Waals surface area contributed by atoms with Gasteiger partial charge in [0.05, 0.1) is 0 Å². The molecule has 0 aromatic heterocycles. The number of hydrogen-bond acceptors (Lipinski definition) is 1. The van der Waals surface area contributed by atoms with E-state index in [1.807, 2.05) is 0 Å². The topological polar surface area (TPSA) is 3.24 Å². The second-order valence-electron chi connectivity index (χ2n) is 3.61. The van der Waals surface area contributed by atoms with Crippen molar-refractivity contribution < 1.29 is 0 Å². The van der Waals surface area contributed by atoms with Gasteiger partial charge in [-0.05, 0) is 19.4 Å². The fourth-order valence-corrected chi connectivity index (χ4v) is 3.03. The SMILES string of the molecule is CCN(C(P)P)C1CCCCC1. The van der Waals surface area contributed by atoms with Crippen molar-refractivity contribution >= 4 is 18.5 Å². The molecular formula is C9H21NP2. The van der Waals surface area contributed by atoms with E-state index in [-0.39, 0.29) is 0 Å². The Bertz CT molecular complexity index is 122. The van der Waals surface area contributed by atoms with Crippen LogP contribution in [0.2, 0.25) is 0 Å². The highest BCUT2D eigenvalue weighted by atomic mass is 31.1. The largest absolute Gasteiger partial charge is 0.291 e. The van der Waals surface area contributed by atoms with Gasteiger partial charge in [-0.15, -0.1) is 18.5 Å². The van der Waals surface area contributed by atoms with Gasteiger partial charge in [-0.1, -0.05) is 26.2 Å². The molecular weight excluding hydrogens is 184 g/mol. The summed E-state index contributed by atoms with van der Waals surface area (Å²) in [6, 6.07) is 0.851. The highest BCUT2D eigenvalue weighted by Crippen LogP contribution is 2.27. The molecule has 1 aliphatic carbocycles. The Labute approximate surface area is 81.1 Å². The maximum absolute atomic E-state index is 2.88. The number of hydrogen-bond donors (Lipinski definition) is 0. The van der Waals surface area contributed by atoms with Crippen LogP contribution in [0.1, 0.15) is 39.0 Å². The van der Waals surface area contributed by atoms with Gasteiger partial charge < -0.3 is 0 Å². The lowest BCUT2D eigenvalue weighted by Gasteiger charge is -2.36.